The Morgan fingerprint density at radius 1 is 1.62 bits per heavy atom. The third-order valence-corrected chi connectivity index (χ3v) is 1.75. The van der Waals surface area contributed by atoms with Crippen LogP contribution in [-0.2, 0) is 14.1 Å². The smallest absolute Gasteiger partial charge is 0.348 e. The van der Waals surface area contributed by atoms with Crippen molar-refractivity contribution in [1.82, 2.24) is 14.3 Å². The van der Waals surface area contributed by atoms with Crippen LogP contribution < -0.4 is 16.2 Å². The van der Waals surface area contributed by atoms with Gasteiger partial charge in [0.25, 0.3) is 0 Å². The maximum atomic E-state index is 11.2. The molecule has 0 fully saturated rings. The lowest BCUT2D eigenvalue weighted by atomic mass is 10.4. The van der Waals surface area contributed by atoms with Crippen molar-refractivity contribution in [2.75, 3.05) is 0 Å². The first-order valence-corrected chi connectivity index (χ1v) is 4.08. The molecule has 0 amide bonds. The zero-order chi connectivity index (χ0) is 10.0. The van der Waals surface area contributed by atoms with Crippen molar-refractivity contribution >= 4 is 0 Å². The summed E-state index contributed by atoms with van der Waals surface area (Å²) in [6.45, 7) is 1.89. The monoisotopic (exact) mass is 186 g/mol. The molecule has 1 aromatic heterocycles. The lowest BCUT2D eigenvalue weighted by Crippen LogP contribution is -2.28. The number of ether oxygens (including phenoxy) is 1. The van der Waals surface area contributed by atoms with E-state index >= 15 is 0 Å². The third kappa shape index (κ3) is 1.89. The first-order chi connectivity index (χ1) is 6.06. The molecule has 1 heterocycles. The van der Waals surface area contributed by atoms with E-state index in [2.05, 4.69) is 5.10 Å². The summed E-state index contributed by atoms with van der Waals surface area (Å²) >= 11 is 0. The molecule has 0 saturated heterocycles. The fourth-order valence-corrected chi connectivity index (χ4v) is 0.858. The maximum absolute atomic E-state index is 11.2. The highest BCUT2D eigenvalue weighted by molar-refractivity contribution is 4.92. The van der Waals surface area contributed by atoms with Gasteiger partial charge in [-0.15, -0.1) is 5.10 Å². The van der Waals surface area contributed by atoms with Crippen LogP contribution in [0.3, 0.4) is 0 Å². The molecule has 74 valence electrons. The molecule has 1 rings (SSSR count). The average molecular weight is 186 g/mol. The molecule has 1 atom stereocenters. The molecule has 0 bridgehead atoms. The summed E-state index contributed by atoms with van der Waals surface area (Å²) in [5.41, 5.74) is 5.32. The van der Waals surface area contributed by atoms with E-state index in [0.717, 1.165) is 0 Å². The SMILES string of the molecule is CCC(N)Oc1nn(C)c(=O)n1C. The number of rotatable bonds is 3. The molecule has 0 aromatic carbocycles. The van der Waals surface area contributed by atoms with Crippen LogP contribution in [0.1, 0.15) is 13.3 Å². The van der Waals surface area contributed by atoms with Crippen molar-refractivity contribution in [2.45, 2.75) is 19.6 Å². The Hall–Kier alpha value is -1.30. The van der Waals surface area contributed by atoms with Gasteiger partial charge in [0.1, 0.15) is 0 Å². The molecule has 0 aliphatic carbocycles. The molecule has 2 N–H and O–H groups in total. The zero-order valence-electron chi connectivity index (χ0n) is 8.02. The number of hydrogen-bond acceptors (Lipinski definition) is 4. The summed E-state index contributed by atoms with van der Waals surface area (Å²) in [7, 11) is 3.15. The minimum absolute atomic E-state index is 0.224. The molecule has 0 saturated carbocycles. The molecule has 6 heteroatoms. The molecule has 0 aliphatic rings. The summed E-state index contributed by atoms with van der Waals surface area (Å²) in [5.74, 6) is 0. The number of aromatic nitrogens is 3. The lowest BCUT2D eigenvalue weighted by Gasteiger charge is -2.09. The van der Waals surface area contributed by atoms with Crippen molar-refractivity contribution in [2.24, 2.45) is 19.8 Å². The van der Waals surface area contributed by atoms with Gasteiger partial charge in [0.15, 0.2) is 6.23 Å². The molecule has 1 unspecified atom stereocenters. The van der Waals surface area contributed by atoms with Gasteiger partial charge in [0, 0.05) is 14.1 Å². The quantitative estimate of drug-likeness (QED) is 0.626. The van der Waals surface area contributed by atoms with Crippen molar-refractivity contribution in [3.8, 4) is 6.01 Å². The van der Waals surface area contributed by atoms with E-state index in [9.17, 15) is 4.79 Å². The van der Waals surface area contributed by atoms with Gasteiger partial charge in [-0.1, -0.05) is 6.92 Å². The predicted molar refractivity (Wildman–Crippen MR) is 47.3 cm³/mol. The van der Waals surface area contributed by atoms with Crippen molar-refractivity contribution in [1.29, 1.82) is 0 Å². The first-order valence-electron chi connectivity index (χ1n) is 4.08. The molecular formula is C7H14N4O2. The minimum atomic E-state index is -0.416. The number of aryl methyl sites for hydroxylation is 1. The van der Waals surface area contributed by atoms with E-state index in [0.29, 0.717) is 6.42 Å². The van der Waals surface area contributed by atoms with Crippen LogP contribution in [0.25, 0.3) is 0 Å². The molecule has 13 heavy (non-hydrogen) atoms. The van der Waals surface area contributed by atoms with E-state index in [-0.39, 0.29) is 11.7 Å². The number of hydrogen-bond donors (Lipinski definition) is 1. The van der Waals surface area contributed by atoms with Crippen LogP contribution in [0.5, 0.6) is 6.01 Å². The average Bonchev–Trinajstić information content (AvgIpc) is 2.34. The van der Waals surface area contributed by atoms with Crippen molar-refractivity contribution in [3.63, 3.8) is 0 Å². The van der Waals surface area contributed by atoms with E-state index in [1.165, 1.54) is 9.25 Å². The fraction of sp³-hybridized carbons (Fsp3) is 0.714. The topological polar surface area (TPSA) is 75.1 Å². The van der Waals surface area contributed by atoms with E-state index in [4.69, 9.17) is 10.5 Å². The largest absolute Gasteiger partial charge is 0.445 e. The molecule has 0 spiro atoms. The number of nitrogens with zero attached hydrogens (tertiary/aromatic N) is 3. The Morgan fingerprint density at radius 3 is 2.62 bits per heavy atom. The van der Waals surface area contributed by atoms with E-state index < -0.39 is 6.23 Å². The van der Waals surface area contributed by atoms with Gasteiger partial charge in [-0.3, -0.25) is 5.73 Å². The first kappa shape index (κ1) is 9.79. The fourth-order valence-electron chi connectivity index (χ4n) is 0.858. The van der Waals surface area contributed by atoms with Crippen LogP contribution >= 0.6 is 0 Å². The molecule has 0 aliphatic heterocycles. The minimum Gasteiger partial charge on any atom is -0.445 e. The molecule has 6 nitrogen and oxygen atoms in total. The Morgan fingerprint density at radius 2 is 2.23 bits per heavy atom. The molecule has 0 radical (unpaired) electrons. The van der Waals surface area contributed by atoms with Crippen molar-refractivity contribution < 1.29 is 4.74 Å². The Bertz CT molecular complexity index is 341. The van der Waals surface area contributed by atoms with Crippen LogP contribution in [-0.4, -0.2) is 20.6 Å². The van der Waals surface area contributed by atoms with Gasteiger partial charge in [0.05, 0.1) is 0 Å². The Kier molecular flexibility index (Phi) is 2.72. The predicted octanol–water partition coefficient (Wildman–Crippen LogP) is -0.808. The highest BCUT2D eigenvalue weighted by Crippen LogP contribution is 2.02. The van der Waals surface area contributed by atoms with Crippen LogP contribution in [0.2, 0.25) is 0 Å². The second-order valence-electron chi connectivity index (χ2n) is 2.81. The van der Waals surface area contributed by atoms with E-state index in [1.54, 1.807) is 14.1 Å². The van der Waals surface area contributed by atoms with Gasteiger partial charge >= 0.3 is 11.7 Å². The second-order valence-corrected chi connectivity index (χ2v) is 2.81. The van der Waals surface area contributed by atoms with Crippen LogP contribution in [0.4, 0.5) is 0 Å². The van der Waals surface area contributed by atoms with Crippen LogP contribution in [0, 0.1) is 0 Å². The normalized spacial score (nSPS) is 12.9. The summed E-state index contributed by atoms with van der Waals surface area (Å²) < 4.78 is 7.73. The summed E-state index contributed by atoms with van der Waals surface area (Å²) in [4.78, 5) is 11.2. The van der Waals surface area contributed by atoms with Gasteiger partial charge in [-0.05, 0) is 6.42 Å². The van der Waals surface area contributed by atoms with Crippen molar-refractivity contribution in [3.05, 3.63) is 10.5 Å². The highest BCUT2D eigenvalue weighted by Gasteiger charge is 2.10. The Labute approximate surface area is 75.9 Å². The van der Waals surface area contributed by atoms with Crippen LogP contribution in [0.15, 0.2) is 4.79 Å². The van der Waals surface area contributed by atoms with Gasteiger partial charge in [-0.25, -0.2) is 14.0 Å². The molecular weight excluding hydrogens is 172 g/mol. The third-order valence-electron chi connectivity index (χ3n) is 1.75. The zero-order valence-corrected chi connectivity index (χ0v) is 8.02. The van der Waals surface area contributed by atoms with E-state index in [1.807, 2.05) is 6.92 Å². The van der Waals surface area contributed by atoms with Gasteiger partial charge in [-0.2, -0.15) is 0 Å². The Balaban J connectivity index is 2.90. The lowest BCUT2D eigenvalue weighted by molar-refractivity contribution is 0.180. The summed E-state index contributed by atoms with van der Waals surface area (Å²) in [6, 6.07) is 0.252. The maximum Gasteiger partial charge on any atom is 0.348 e. The standard InChI is InChI=1S/C7H14N4O2/c1-4-5(8)13-6-9-11(3)7(12)10(6)2/h5H,4,8H2,1-3H3. The molecule has 1 aromatic rings. The summed E-state index contributed by atoms with van der Waals surface area (Å²) in [6.07, 6.45) is 0.255. The summed E-state index contributed by atoms with van der Waals surface area (Å²) in [5, 5.41) is 3.86. The highest BCUT2D eigenvalue weighted by atomic mass is 16.5. The number of nitrogens with two attached hydrogens (primary N) is 1. The van der Waals surface area contributed by atoms with Gasteiger partial charge < -0.3 is 4.74 Å². The second kappa shape index (κ2) is 3.61. The van der Waals surface area contributed by atoms with Gasteiger partial charge in [0.2, 0.25) is 0 Å².